The number of rotatable bonds is 30. The molecule has 35 heavy (non-hydrogen) atoms. The summed E-state index contributed by atoms with van der Waals surface area (Å²) in [7, 11) is 0. The van der Waals surface area contributed by atoms with E-state index in [0.29, 0.717) is 6.42 Å². The van der Waals surface area contributed by atoms with E-state index in [2.05, 4.69) is 13.8 Å². The zero-order chi connectivity index (χ0) is 25.7. The Labute approximate surface area is 221 Å². The molecule has 2 nitrogen and oxygen atoms in total. The minimum Gasteiger partial charge on any atom is -0.481 e. The first-order valence-electron chi connectivity index (χ1n) is 16.4. The maximum Gasteiger partial charge on any atom is 0.303 e. The second kappa shape index (κ2) is 29.7. The molecule has 0 fully saturated rings. The van der Waals surface area contributed by atoms with Crippen LogP contribution in [-0.4, -0.2) is 11.1 Å². The summed E-state index contributed by atoms with van der Waals surface area (Å²) in [6, 6.07) is 0. The molecule has 2 heteroatoms. The van der Waals surface area contributed by atoms with Gasteiger partial charge < -0.3 is 5.11 Å². The first kappa shape index (κ1) is 34.5. The highest BCUT2D eigenvalue weighted by Gasteiger charge is 1.99. The summed E-state index contributed by atoms with van der Waals surface area (Å²) in [5.41, 5.74) is 0. The molecule has 1 unspecified atom stereocenters. The zero-order valence-electron chi connectivity index (χ0n) is 24.4. The molecule has 1 N–H and O–H groups in total. The molecule has 1 atom stereocenters. The zero-order valence-corrected chi connectivity index (χ0v) is 24.4. The predicted octanol–water partition coefficient (Wildman–Crippen LogP) is 12.0. The lowest BCUT2D eigenvalue weighted by Crippen LogP contribution is -1.93. The van der Waals surface area contributed by atoms with Gasteiger partial charge in [0, 0.05) is 6.42 Å². The Kier molecular flexibility index (Phi) is 29.2. The maximum absolute atomic E-state index is 10.5. The van der Waals surface area contributed by atoms with Gasteiger partial charge in [0.15, 0.2) is 0 Å². The fourth-order valence-electron chi connectivity index (χ4n) is 5.22. The van der Waals surface area contributed by atoms with Crippen LogP contribution in [0.25, 0.3) is 0 Å². The molecule has 0 saturated carbocycles. The van der Waals surface area contributed by atoms with Gasteiger partial charge in [0.2, 0.25) is 0 Å². The Balaban J connectivity index is 3.04. The van der Waals surface area contributed by atoms with Gasteiger partial charge in [0.25, 0.3) is 0 Å². The molecule has 0 rings (SSSR count). The predicted molar refractivity (Wildman–Crippen MR) is 156 cm³/mol. The number of hydrogen-bond acceptors (Lipinski definition) is 1. The van der Waals surface area contributed by atoms with Crippen molar-refractivity contribution in [1.29, 1.82) is 0 Å². The SMILES string of the molecule is CCC(C)CCCCCCCCCCCCCCCCCCCCCCCCCCCCC(=O)O. The van der Waals surface area contributed by atoms with Crippen LogP contribution in [0.15, 0.2) is 0 Å². The molecule has 0 aromatic carbocycles. The Bertz CT molecular complexity index is 406. The number of unbranched alkanes of at least 4 members (excludes halogenated alkanes) is 25. The van der Waals surface area contributed by atoms with Crippen molar-refractivity contribution >= 4 is 5.97 Å². The third-order valence-electron chi connectivity index (χ3n) is 8.03. The fraction of sp³-hybridized carbons (Fsp3) is 0.970. The minimum atomic E-state index is -0.648. The Hall–Kier alpha value is -0.530. The first-order chi connectivity index (χ1) is 17.2. The Morgan fingerprint density at radius 3 is 0.914 bits per heavy atom. The lowest BCUT2D eigenvalue weighted by molar-refractivity contribution is -0.137. The molecule has 0 heterocycles. The van der Waals surface area contributed by atoms with Gasteiger partial charge in [-0.15, -0.1) is 0 Å². The normalized spacial score (nSPS) is 12.3. The van der Waals surface area contributed by atoms with Crippen LogP contribution in [0.3, 0.4) is 0 Å². The van der Waals surface area contributed by atoms with E-state index in [1.54, 1.807) is 0 Å². The number of carboxylic acids is 1. The lowest BCUT2D eigenvalue weighted by Gasteiger charge is -2.07. The van der Waals surface area contributed by atoms with Crippen LogP contribution in [0.5, 0.6) is 0 Å². The van der Waals surface area contributed by atoms with Gasteiger partial charge in [0.1, 0.15) is 0 Å². The first-order valence-corrected chi connectivity index (χ1v) is 16.4. The molecule has 0 aliphatic rings. The average Bonchev–Trinajstić information content (AvgIpc) is 2.85. The molecule has 0 amide bonds. The molecule has 0 aromatic rings. The van der Waals surface area contributed by atoms with Gasteiger partial charge in [-0.2, -0.15) is 0 Å². The summed E-state index contributed by atoms with van der Waals surface area (Å²) in [4.78, 5) is 10.5. The molecule has 0 spiro atoms. The van der Waals surface area contributed by atoms with Crippen LogP contribution < -0.4 is 0 Å². The monoisotopic (exact) mass is 495 g/mol. The summed E-state index contributed by atoms with van der Waals surface area (Å²) in [5.74, 6) is 0.290. The highest BCUT2D eigenvalue weighted by molar-refractivity contribution is 5.66. The van der Waals surface area contributed by atoms with Gasteiger partial charge in [-0.1, -0.05) is 187 Å². The molecule has 0 aromatic heterocycles. The fourth-order valence-corrected chi connectivity index (χ4v) is 5.22. The van der Waals surface area contributed by atoms with E-state index in [1.165, 1.54) is 167 Å². The van der Waals surface area contributed by atoms with Crippen LogP contribution in [0.1, 0.15) is 200 Å². The van der Waals surface area contributed by atoms with Crippen LogP contribution in [0.4, 0.5) is 0 Å². The summed E-state index contributed by atoms with van der Waals surface area (Å²) < 4.78 is 0. The molecule has 0 saturated heterocycles. The van der Waals surface area contributed by atoms with Crippen LogP contribution in [0.2, 0.25) is 0 Å². The number of hydrogen-bond donors (Lipinski definition) is 1. The van der Waals surface area contributed by atoms with Crippen molar-refractivity contribution in [2.45, 2.75) is 200 Å². The van der Waals surface area contributed by atoms with Crippen molar-refractivity contribution < 1.29 is 9.90 Å². The molecule has 0 bridgehead atoms. The van der Waals surface area contributed by atoms with Crippen molar-refractivity contribution in [3.05, 3.63) is 0 Å². The van der Waals surface area contributed by atoms with Crippen LogP contribution >= 0.6 is 0 Å². The van der Waals surface area contributed by atoms with E-state index in [-0.39, 0.29) is 0 Å². The number of carboxylic acid groups (broad SMARTS) is 1. The van der Waals surface area contributed by atoms with Gasteiger partial charge in [-0.25, -0.2) is 0 Å². The lowest BCUT2D eigenvalue weighted by atomic mass is 9.99. The summed E-state index contributed by atoms with van der Waals surface area (Å²) in [6.45, 7) is 4.71. The van der Waals surface area contributed by atoms with E-state index >= 15 is 0 Å². The average molecular weight is 495 g/mol. The second-order valence-corrected chi connectivity index (χ2v) is 11.6. The molecular formula is C33H66O2. The molecule has 210 valence electrons. The highest BCUT2D eigenvalue weighted by Crippen LogP contribution is 2.17. The Morgan fingerprint density at radius 1 is 0.457 bits per heavy atom. The van der Waals surface area contributed by atoms with Crippen LogP contribution in [-0.2, 0) is 4.79 Å². The smallest absolute Gasteiger partial charge is 0.303 e. The highest BCUT2D eigenvalue weighted by atomic mass is 16.4. The summed E-state index contributed by atoms with van der Waals surface area (Å²) in [5, 5.41) is 8.62. The molecule has 0 radical (unpaired) electrons. The molecule has 0 aliphatic heterocycles. The van der Waals surface area contributed by atoms with Gasteiger partial charge in [-0.05, 0) is 12.3 Å². The number of aliphatic carboxylic acids is 1. The summed E-state index contributed by atoms with van der Waals surface area (Å²) >= 11 is 0. The van der Waals surface area contributed by atoms with E-state index in [9.17, 15) is 4.79 Å². The maximum atomic E-state index is 10.5. The van der Waals surface area contributed by atoms with Crippen molar-refractivity contribution in [1.82, 2.24) is 0 Å². The standard InChI is InChI=1S/C33H66O2/c1-3-32(2)30-28-26-24-22-20-18-16-14-12-10-8-6-4-5-7-9-11-13-15-17-19-21-23-25-27-29-31-33(34)35/h32H,3-31H2,1-2H3,(H,34,35). The van der Waals surface area contributed by atoms with E-state index in [4.69, 9.17) is 5.11 Å². The van der Waals surface area contributed by atoms with E-state index in [0.717, 1.165) is 18.8 Å². The van der Waals surface area contributed by atoms with Gasteiger partial charge in [-0.3, -0.25) is 4.79 Å². The third kappa shape index (κ3) is 31.4. The van der Waals surface area contributed by atoms with Crippen molar-refractivity contribution in [3.63, 3.8) is 0 Å². The minimum absolute atomic E-state index is 0.346. The third-order valence-corrected chi connectivity index (χ3v) is 8.03. The van der Waals surface area contributed by atoms with Crippen molar-refractivity contribution in [3.8, 4) is 0 Å². The molecular weight excluding hydrogens is 428 g/mol. The quantitative estimate of drug-likeness (QED) is 0.101. The van der Waals surface area contributed by atoms with Crippen molar-refractivity contribution in [2.24, 2.45) is 5.92 Å². The Morgan fingerprint density at radius 2 is 0.686 bits per heavy atom. The number of carbonyl (C=O) groups is 1. The van der Waals surface area contributed by atoms with Gasteiger partial charge >= 0.3 is 5.97 Å². The molecule has 0 aliphatic carbocycles. The van der Waals surface area contributed by atoms with Crippen LogP contribution in [0, 0.1) is 5.92 Å². The van der Waals surface area contributed by atoms with Crippen molar-refractivity contribution in [2.75, 3.05) is 0 Å². The van der Waals surface area contributed by atoms with E-state index < -0.39 is 5.97 Å². The van der Waals surface area contributed by atoms with Gasteiger partial charge in [0.05, 0.1) is 0 Å². The van der Waals surface area contributed by atoms with E-state index in [1.807, 2.05) is 0 Å². The largest absolute Gasteiger partial charge is 0.481 e. The topological polar surface area (TPSA) is 37.3 Å². The summed E-state index contributed by atoms with van der Waals surface area (Å²) in [6.07, 6.45) is 39.4. The second-order valence-electron chi connectivity index (χ2n) is 11.6.